The van der Waals surface area contributed by atoms with Gasteiger partial charge in [0.1, 0.15) is 6.10 Å². The predicted molar refractivity (Wildman–Crippen MR) is 123 cm³/mol. The monoisotopic (exact) mass is 452 g/mol. The molecule has 2 aromatic rings. The van der Waals surface area contributed by atoms with Crippen LogP contribution in [0.25, 0.3) is 5.57 Å². The largest absolute Gasteiger partial charge is 0.439 e. The van der Waals surface area contributed by atoms with Crippen molar-refractivity contribution in [2.75, 3.05) is 13.1 Å². The number of amides is 1. The van der Waals surface area contributed by atoms with Crippen molar-refractivity contribution < 1.29 is 9.53 Å². The molecule has 4 heterocycles. The first-order valence-corrected chi connectivity index (χ1v) is 11.5. The predicted octanol–water partition coefficient (Wildman–Crippen LogP) is 5.32. The van der Waals surface area contributed by atoms with Crippen LogP contribution in [0.2, 0.25) is 10.0 Å². The van der Waals surface area contributed by atoms with Gasteiger partial charge in [0.25, 0.3) is 0 Å². The minimum Gasteiger partial charge on any atom is -0.439 e. The molecular weight excluding hydrogens is 431 g/mol. The maximum atomic E-state index is 11.6. The number of carbonyl (C=O) groups excluding carboxylic acids is 1. The van der Waals surface area contributed by atoms with Gasteiger partial charge in [0.2, 0.25) is 0 Å². The topological polar surface area (TPSA) is 41.6 Å². The minimum absolute atomic E-state index is 0.0398. The van der Waals surface area contributed by atoms with Gasteiger partial charge in [0.15, 0.2) is 0 Å². The Kier molecular flexibility index (Phi) is 4.46. The van der Waals surface area contributed by atoms with Gasteiger partial charge >= 0.3 is 6.09 Å². The zero-order chi connectivity index (χ0) is 21.2. The molecule has 2 unspecified atom stereocenters. The fourth-order valence-electron chi connectivity index (χ4n) is 5.59. The highest BCUT2D eigenvalue weighted by Crippen LogP contribution is 2.47. The summed E-state index contributed by atoms with van der Waals surface area (Å²) in [5, 5.41) is 4.03. The third-order valence-electron chi connectivity index (χ3n) is 7.24. The molecule has 0 saturated carbocycles. The van der Waals surface area contributed by atoms with Crippen LogP contribution in [0, 0.1) is 0 Å². The fraction of sp³-hybridized carbons (Fsp3) is 0.320. The van der Waals surface area contributed by atoms with Crippen LogP contribution < -0.4 is 5.32 Å². The molecule has 1 aliphatic carbocycles. The first-order valence-electron chi connectivity index (χ1n) is 10.7. The molecule has 0 radical (unpaired) electrons. The van der Waals surface area contributed by atoms with Gasteiger partial charge in [-0.25, -0.2) is 4.79 Å². The Morgan fingerprint density at radius 2 is 1.90 bits per heavy atom. The van der Waals surface area contributed by atoms with Crippen molar-refractivity contribution in [2.45, 2.75) is 36.9 Å². The lowest BCUT2D eigenvalue weighted by Gasteiger charge is -2.39. The molecule has 6 heteroatoms. The van der Waals surface area contributed by atoms with Crippen LogP contribution in [0.5, 0.6) is 0 Å². The lowest BCUT2D eigenvalue weighted by Crippen LogP contribution is -2.39. The maximum Gasteiger partial charge on any atom is 0.408 e. The van der Waals surface area contributed by atoms with Crippen LogP contribution in [0.1, 0.15) is 35.1 Å². The Balaban J connectivity index is 1.43. The van der Waals surface area contributed by atoms with E-state index in [4.69, 9.17) is 27.9 Å². The summed E-state index contributed by atoms with van der Waals surface area (Å²) < 4.78 is 5.38. The van der Waals surface area contributed by atoms with Crippen LogP contribution >= 0.6 is 23.2 Å². The molecule has 2 aromatic carbocycles. The molecule has 5 aliphatic rings. The Labute approximate surface area is 191 Å². The van der Waals surface area contributed by atoms with Crippen molar-refractivity contribution >= 4 is 34.9 Å². The third kappa shape index (κ3) is 3.12. The smallest absolute Gasteiger partial charge is 0.408 e. The van der Waals surface area contributed by atoms with Crippen LogP contribution in [-0.2, 0) is 16.7 Å². The third-order valence-corrected chi connectivity index (χ3v) is 7.98. The van der Waals surface area contributed by atoms with E-state index in [1.165, 1.54) is 16.7 Å². The average Bonchev–Trinajstić information content (AvgIpc) is 2.98. The number of allylic oxidation sites excluding steroid dienone is 2. The molecule has 1 N–H and O–H groups in total. The van der Waals surface area contributed by atoms with E-state index < -0.39 is 0 Å². The number of piperidine rings is 1. The zero-order valence-corrected chi connectivity index (χ0v) is 18.4. The van der Waals surface area contributed by atoms with E-state index in [1.54, 1.807) is 0 Å². The van der Waals surface area contributed by atoms with Gasteiger partial charge < -0.3 is 10.1 Å². The van der Waals surface area contributed by atoms with E-state index >= 15 is 0 Å². The number of nitrogens with zero attached hydrogens (tertiary/aromatic N) is 1. The second kappa shape index (κ2) is 7.13. The summed E-state index contributed by atoms with van der Waals surface area (Å²) in [5.74, 6) is 0. The van der Waals surface area contributed by atoms with Crippen LogP contribution in [0.3, 0.4) is 0 Å². The first-order chi connectivity index (χ1) is 15.0. The van der Waals surface area contributed by atoms with Gasteiger partial charge in [-0.05, 0) is 78.0 Å². The zero-order valence-electron chi connectivity index (χ0n) is 16.9. The fourth-order valence-corrected chi connectivity index (χ4v) is 5.89. The highest BCUT2D eigenvalue weighted by Gasteiger charge is 2.42. The first kappa shape index (κ1) is 19.4. The number of hydrogen-bond acceptors (Lipinski definition) is 3. The summed E-state index contributed by atoms with van der Waals surface area (Å²) >= 11 is 12.6. The quantitative estimate of drug-likeness (QED) is 0.670. The molecule has 4 nitrogen and oxygen atoms in total. The van der Waals surface area contributed by atoms with Gasteiger partial charge in [-0.2, -0.15) is 0 Å². The van der Waals surface area contributed by atoms with Crippen LogP contribution in [0.15, 0.2) is 54.6 Å². The minimum atomic E-state index is -0.355. The SMILES string of the molecule is O=C1NC2C=CC(c3ccc4c(c3)CN3CCC4(c4ccc(Cl)c(Cl)c4)CC3)=CC2O1. The molecule has 158 valence electrons. The highest BCUT2D eigenvalue weighted by atomic mass is 35.5. The molecule has 31 heavy (non-hydrogen) atoms. The summed E-state index contributed by atoms with van der Waals surface area (Å²) in [6.45, 7) is 3.09. The number of hydrogen-bond donors (Lipinski definition) is 1. The number of ether oxygens (including phenoxy) is 1. The normalized spacial score (nSPS) is 30.7. The summed E-state index contributed by atoms with van der Waals surface area (Å²) in [4.78, 5) is 14.1. The lowest BCUT2D eigenvalue weighted by atomic mass is 9.68. The van der Waals surface area contributed by atoms with Gasteiger partial charge in [-0.1, -0.05) is 53.6 Å². The summed E-state index contributed by atoms with van der Waals surface area (Å²) in [7, 11) is 0. The molecule has 2 fully saturated rings. The van der Waals surface area contributed by atoms with Crippen molar-refractivity contribution in [3.8, 4) is 0 Å². The van der Waals surface area contributed by atoms with Gasteiger partial charge in [-0.3, -0.25) is 4.90 Å². The van der Waals surface area contributed by atoms with Crippen LogP contribution in [0.4, 0.5) is 4.79 Å². The summed E-state index contributed by atoms with van der Waals surface area (Å²) in [6.07, 6.45) is 7.70. The van der Waals surface area contributed by atoms with E-state index in [0.717, 1.165) is 43.6 Å². The Bertz CT molecular complexity index is 1150. The van der Waals surface area contributed by atoms with Crippen molar-refractivity contribution in [1.29, 1.82) is 0 Å². The second-order valence-corrected chi connectivity index (χ2v) is 9.69. The number of rotatable bonds is 2. The number of halogens is 2. The molecule has 2 bridgehead atoms. The second-order valence-electron chi connectivity index (χ2n) is 8.88. The van der Waals surface area contributed by atoms with Gasteiger partial charge in [0, 0.05) is 12.0 Å². The number of fused-ring (bicyclic) bond motifs is 3. The number of nitrogens with one attached hydrogen (secondary N) is 1. The van der Waals surface area contributed by atoms with Crippen molar-refractivity contribution in [3.63, 3.8) is 0 Å². The summed E-state index contributed by atoms with van der Waals surface area (Å²) in [5.41, 5.74) is 6.21. The molecule has 0 spiro atoms. The molecular formula is C25H22Cl2N2O2. The molecule has 2 atom stereocenters. The molecule has 7 rings (SSSR count). The Morgan fingerprint density at radius 3 is 2.71 bits per heavy atom. The van der Waals surface area contributed by atoms with E-state index in [0.29, 0.717) is 10.0 Å². The molecule has 2 saturated heterocycles. The van der Waals surface area contributed by atoms with Gasteiger partial charge in [-0.15, -0.1) is 0 Å². The molecule has 4 aliphatic heterocycles. The van der Waals surface area contributed by atoms with E-state index in [2.05, 4.69) is 46.6 Å². The number of alkyl carbamates (subject to hydrolysis) is 1. The Hall–Kier alpha value is -2.27. The highest BCUT2D eigenvalue weighted by molar-refractivity contribution is 6.42. The van der Waals surface area contributed by atoms with Crippen LogP contribution in [-0.4, -0.2) is 36.2 Å². The average molecular weight is 453 g/mol. The van der Waals surface area contributed by atoms with Crippen molar-refractivity contribution in [3.05, 3.63) is 86.9 Å². The van der Waals surface area contributed by atoms with E-state index in [9.17, 15) is 4.79 Å². The standard InChI is InChI=1S/C25H22Cl2N2O2/c26-20-5-3-18(13-21(20)27)25-7-9-29(10-8-25)14-17-11-15(1-4-19(17)25)16-2-6-22-23(12-16)31-24(30)28-22/h1-6,11-13,22-23H,7-10,14H2,(H,28,30). The molecule has 1 amide bonds. The van der Waals surface area contributed by atoms with Crippen molar-refractivity contribution in [2.24, 2.45) is 0 Å². The number of benzene rings is 2. The lowest BCUT2D eigenvalue weighted by molar-refractivity contribution is 0.155. The number of carbonyl (C=O) groups is 1. The summed E-state index contributed by atoms with van der Waals surface area (Å²) in [6, 6.07) is 12.8. The van der Waals surface area contributed by atoms with E-state index in [1.807, 2.05) is 18.2 Å². The van der Waals surface area contributed by atoms with E-state index in [-0.39, 0.29) is 23.7 Å². The Morgan fingerprint density at radius 1 is 1.06 bits per heavy atom. The molecule has 0 aromatic heterocycles. The maximum absolute atomic E-state index is 11.6. The van der Waals surface area contributed by atoms with Gasteiger partial charge in [0.05, 0.1) is 16.1 Å². The van der Waals surface area contributed by atoms with Crippen molar-refractivity contribution in [1.82, 2.24) is 10.2 Å².